The lowest BCUT2D eigenvalue weighted by Gasteiger charge is -2.09. The number of hydrogen-bond acceptors (Lipinski definition) is 3. The van der Waals surface area contributed by atoms with Crippen molar-refractivity contribution in [3.05, 3.63) is 53.5 Å². The van der Waals surface area contributed by atoms with Crippen molar-refractivity contribution in [2.45, 2.75) is 19.7 Å². The summed E-state index contributed by atoms with van der Waals surface area (Å²) in [6.07, 6.45) is -4.16. The number of ether oxygens (including phenoxy) is 1. The molecule has 6 heteroatoms. The second kappa shape index (κ2) is 5.40. The summed E-state index contributed by atoms with van der Waals surface area (Å²) in [5.41, 5.74) is 0.0729. The van der Waals surface area contributed by atoms with Crippen LogP contribution in [0.5, 0.6) is 5.75 Å². The number of hydrogen-bond donors (Lipinski definition) is 0. The van der Waals surface area contributed by atoms with Gasteiger partial charge in [0.15, 0.2) is 5.76 Å². The Kier molecular flexibility index (Phi) is 3.83. The van der Waals surface area contributed by atoms with Crippen LogP contribution in [0.2, 0.25) is 0 Å². The molecule has 106 valence electrons. The van der Waals surface area contributed by atoms with Crippen LogP contribution in [-0.2, 0) is 6.42 Å². The van der Waals surface area contributed by atoms with Gasteiger partial charge in [-0.2, -0.15) is 0 Å². The maximum Gasteiger partial charge on any atom is 0.573 e. The van der Waals surface area contributed by atoms with E-state index in [2.05, 4.69) is 4.74 Å². The quantitative estimate of drug-likeness (QED) is 0.797. The zero-order chi connectivity index (χ0) is 14.8. The molecule has 0 bridgehead atoms. The van der Waals surface area contributed by atoms with E-state index in [4.69, 9.17) is 4.42 Å². The van der Waals surface area contributed by atoms with Crippen molar-refractivity contribution < 1.29 is 27.1 Å². The minimum atomic E-state index is -4.79. The second-order valence-corrected chi connectivity index (χ2v) is 4.02. The van der Waals surface area contributed by atoms with Gasteiger partial charge in [-0.15, -0.1) is 13.2 Å². The Morgan fingerprint density at radius 3 is 2.60 bits per heavy atom. The van der Waals surface area contributed by atoms with Crippen LogP contribution in [0, 0.1) is 0 Å². The molecule has 3 nitrogen and oxygen atoms in total. The molecule has 0 aliphatic heterocycles. The molecule has 2 rings (SSSR count). The lowest BCUT2D eigenvalue weighted by molar-refractivity contribution is -0.274. The van der Waals surface area contributed by atoms with Gasteiger partial charge in [0, 0.05) is 12.0 Å². The van der Waals surface area contributed by atoms with Gasteiger partial charge in [-0.05, 0) is 24.3 Å². The summed E-state index contributed by atoms with van der Waals surface area (Å²) in [4.78, 5) is 12.1. The third kappa shape index (κ3) is 3.40. The summed E-state index contributed by atoms with van der Waals surface area (Å²) in [6.45, 7) is 1.87. The number of carbonyl (C=O) groups is 1. The van der Waals surface area contributed by atoms with E-state index in [0.717, 1.165) is 12.1 Å². The van der Waals surface area contributed by atoms with E-state index in [1.807, 2.05) is 6.92 Å². The molecule has 0 fully saturated rings. The number of carbonyl (C=O) groups excluding carboxylic acids is 1. The van der Waals surface area contributed by atoms with E-state index in [0.29, 0.717) is 12.2 Å². The van der Waals surface area contributed by atoms with Crippen molar-refractivity contribution >= 4 is 5.78 Å². The molecule has 1 aromatic carbocycles. The number of ketones is 1. The average Bonchev–Trinajstić information content (AvgIpc) is 2.85. The average molecular weight is 284 g/mol. The molecule has 0 aliphatic rings. The van der Waals surface area contributed by atoms with Gasteiger partial charge in [-0.25, -0.2) is 0 Å². The molecule has 0 saturated heterocycles. The predicted octanol–water partition coefficient (Wildman–Crippen LogP) is 3.97. The number of aryl methyl sites for hydroxylation is 1. The molecule has 1 aromatic heterocycles. The van der Waals surface area contributed by atoms with Gasteiger partial charge < -0.3 is 9.15 Å². The summed E-state index contributed by atoms with van der Waals surface area (Å²) in [5, 5.41) is 0. The van der Waals surface area contributed by atoms with Crippen molar-refractivity contribution in [3.8, 4) is 5.75 Å². The highest BCUT2D eigenvalue weighted by Crippen LogP contribution is 2.24. The molecule has 0 amide bonds. The molecule has 0 aliphatic carbocycles. The number of furan rings is 1. The van der Waals surface area contributed by atoms with Gasteiger partial charge in [-0.3, -0.25) is 4.79 Å². The zero-order valence-electron chi connectivity index (χ0n) is 10.5. The van der Waals surface area contributed by atoms with Crippen LogP contribution in [0.1, 0.15) is 28.8 Å². The summed E-state index contributed by atoms with van der Waals surface area (Å²) >= 11 is 0. The van der Waals surface area contributed by atoms with Gasteiger partial charge >= 0.3 is 6.36 Å². The summed E-state index contributed by atoms with van der Waals surface area (Å²) in [5.74, 6) is -0.204. The van der Waals surface area contributed by atoms with E-state index in [9.17, 15) is 18.0 Å². The Bertz CT molecular complexity index is 614. The van der Waals surface area contributed by atoms with E-state index in [1.165, 1.54) is 18.2 Å². The molecular weight excluding hydrogens is 273 g/mol. The maximum absolute atomic E-state index is 12.1. The van der Waals surface area contributed by atoms with Crippen LogP contribution in [-0.4, -0.2) is 12.1 Å². The smallest absolute Gasteiger partial charge is 0.458 e. The van der Waals surface area contributed by atoms with Crippen molar-refractivity contribution in [2.24, 2.45) is 0 Å². The van der Waals surface area contributed by atoms with Crippen LogP contribution in [0.25, 0.3) is 0 Å². The van der Waals surface area contributed by atoms with Crippen molar-refractivity contribution in [2.75, 3.05) is 0 Å². The normalized spacial score (nSPS) is 11.4. The zero-order valence-corrected chi connectivity index (χ0v) is 10.5. The Hall–Kier alpha value is -2.24. The van der Waals surface area contributed by atoms with Gasteiger partial charge in [0.2, 0.25) is 5.78 Å². The number of rotatable bonds is 4. The van der Waals surface area contributed by atoms with Crippen molar-refractivity contribution in [3.63, 3.8) is 0 Å². The Labute approximate surface area is 113 Å². The lowest BCUT2D eigenvalue weighted by Crippen LogP contribution is -2.17. The third-order valence-corrected chi connectivity index (χ3v) is 2.56. The van der Waals surface area contributed by atoms with Gasteiger partial charge in [0.25, 0.3) is 0 Å². The molecule has 0 unspecified atom stereocenters. The lowest BCUT2D eigenvalue weighted by atomic mass is 10.1. The molecule has 20 heavy (non-hydrogen) atoms. The molecule has 1 heterocycles. The highest BCUT2D eigenvalue weighted by atomic mass is 19.4. The standard InChI is InChI=1S/C14H11F3O3/c1-2-10-6-7-12(19-10)13(18)9-4-3-5-11(8-9)20-14(15,16)17/h3-8H,2H2,1H3. The fraction of sp³-hybridized carbons (Fsp3) is 0.214. The highest BCUT2D eigenvalue weighted by Gasteiger charge is 2.31. The Balaban J connectivity index is 2.24. The van der Waals surface area contributed by atoms with E-state index >= 15 is 0 Å². The van der Waals surface area contributed by atoms with Gasteiger partial charge in [0.05, 0.1) is 0 Å². The van der Waals surface area contributed by atoms with Gasteiger partial charge in [0.1, 0.15) is 11.5 Å². The second-order valence-electron chi connectivity index (χ2n) is 4.02. The topological polar surface area (TPSA) is 39.4 Å². The minimum Gasteiger partial charge on any atom is -0.458 e. The first-order chi connectivity index (χ1) is 9.39. The summed E-state index contributed by atoms with van der Waals surface area (Å²) < 4.78 is 45.4. The first-order valence-corrected chi connectivity index (χ1v) is 5.88. The van der Waals surface area contributed by atoms with Crippen molar-refractivity contribution in [1.82, 2.24) is 0 Å². The fourth-order valence-electron chi connectivity index (χ4n) is 1.67. The highest BCUT2D eigenvalue weighted by molar-refractivity contribution is 6.07. The molecule has 0 spiro atoms. The first-order valence-electron chi connectivity index (χ1n) is 5.88. The summed E-state index contributed by atoms with van der Waals surface area (Å²) in [7, 11) is 0. The maximum atomic E-state index is 12.1. The van der Waals surface area contributed by atoms with Crippen molar-refractivity contribution in [1.29, 1.82) is 0 Å². The summed E-state index contributed by atoms with van der Waals surface area (Å²) in [6, 6.07) is 8.04. The van der Waals surface area contributed by atoms with E-state index in [1.54, 1.807) is 6.07 Å². The van der Waals surface area contributed by atoms with Crippen LogP contribution in [0.4, 0.5) is 13.2 Å². The molecule has 0 radical (unpaired) electrons. The van der Waals surface area contributed by atoms with Crippen LogP contribution < -0.4 is 4.74 Å². The number of alkyl halides is 3. The van der Waals surface area contributed by atoms with Gasteiger partial charge in [-0.1, -0.05) is 19.1 Å². The molecule has 2 aromatic rings. The molecule has 0 atom stereocenters. The number of halogens is 3. The van der Waals surface area contributed by atoms with E-state index < -0.39 is 17.9 Å². The van der Waals surface area contributed by atoms with Crippen LogP contribution >= 0.6 is 0 Å². The largest absolute Gasteiger partial charge is 0.573 e. The van der Waals surface area contributed by atoms with E-state index in [-0.39, 0.29) is 11.3 Å². The molecule has 0 N–H and O–H groups in total. The van der Waals surface area contributed by atoms with Crippen LogP contribution in [0.3, 0.4) is 0 Å². The Morgan fingerprint density at radius 2 is 2.00 bits per heavy atom. The molecular formula is C14H11F3O3. The fourth-order valence-corrected chi connectivity index (χ4v) is 1.67. The van der Waals surface area contributed by atoms with Crippen LogP contribution in [0.15, 0.2) is 40.8 Å². The first kappa shape index (κ1) is 14.2. The predicted molar refractivity (Wildman–Crippen MR) is 64.6 cm³/mol. The Morgan fingerprint density at radius 1 is 1.25 bits per heavy atom. The molecule has 0 saturated carbocycles. The monoisotopic (exact) mass is 284 g/mol. The SMILES string of the molecule is CCc1ccc(C(=O)c2cccc(OC(F)(F)F)c2)o1. The third-order valence-electron chi connectivity index (χ3n) is 2.56. The minimum absolute atomic E-state index is 0.0729. The number of benzene rings is 1.